The third-order valence-corrected chi connectivity index (χ3v) is 22.3. The fraction of sp³-hybridized carbons (Fsp3) is 0.143. The monoisotopic (exact) mass is 1760 g/mol. The molecule has 0 atom stereocenters. The van der Waals surface area contributed by atoms with Gasteiger partial charge in [0, 0.05) is 94.7 Å². The van der Waals surface area contributed by atoms with Crippen LogP contribution in [0.15, 0.2) is 298 Å². The number of fused-ring (bicyclic) bond motifs is 5. The lowest BCUT2D eigenvalue weighted by Gasteiger charge is -2.26. The zero-order valence-corrected chi connectivity index (χ0v) is 74.2. The maximum absolute atomic E-state index is 13.3. The third-order valence-electron chi connectivity index (χ3n) is 22.3. The number of aromatic nitrogens is 5. The largest absolute Gasteiger partial charge is 0.497 e. The Bertz CT molecular complexity index is 6660. The molecule has 27 heteroatoms. The number of hydrogen-bond acceptors (Lipinski definition) is 21. The average Bonchev–Trinajstić information content (AvgIpc) is 0.810. The van der Waals surface area contributed by atoms with Crippen LogP contribution in [0, 0.1) is 33.5 Å². The molecule has 0 spiro atoms. The van der Waals surface area contributed by atoms with Crippen molar-refractivity contribution in [1.82, 2.24) is 24.9 Å². The van der Waals surface area contributed by atoms with Gasteiger partial charge in [0.2, 0.25) is 0 Å². The Balaban J connectivity index is 0.000000120. The van der Waals surface area contributed by atoms with Gasteiger partial charge in [0.1, 0.15) is 69.4 Å². The van der Waals surface area contributed by atoms with E-state index in [0.717, 1.165) is 153 Å². The lowest BCUT2D eigenvalue weighted by atomic mass is 10.0. The summed E-state index contributed by atoms with van der Waals surface area (Å²) < 4.78 is 46.0. The molecule has 0 unspecified atom stereocenters. The SMILES string of the molecule is CN1C(=O)COc2ccc(-c3ccnc(Nc4cccc(F)c4)c3)cc21.COc1ccc(Nc2cc(-c3ccc4c(c3)N(C)C(=O)CO4)ccn2)cc1.Cc1cc(C)cc(Nc2cc(-c3ccc4c(c3)N(C)C(=O)CO4)ccn2)c1.Cc1ccc(Nc2cc(-c3ccc4c(c3)N(C)C(=O)CO4)ccn2)cc1.Cc1cccc(Nc2cc(-c3ccc4c(c3)N(C)C(=O)CO4)ccn2)c1. The number of benzene rings is 10. The van der Waals surface area contributed by atoms with E-state index >= 15 is 0 Å². The van der Waals surface area contributed by atoms with Crippen molar-refractivity contribution < 1.29 is 56.8 Å². The molecule has 15 aromatic rings. The topological polar surface area (TPSA) is 282 Å². The van der Waals surface area contributed by atoms with Crippen molar-refractivity contribution in [2.45, 2.75) is 27.7 Å². The van der Waals surface area contributed by atoms with Crippen LogP contribution >= 0.6 is 0 Å². The predicted molar refractivity (Wildman–Crippen MR) is 517 cm³/mol. The first-order chi connectivity index (χ1) is 63.9. The Labute approximate surface area is 763 Å². The van der Waals surface area contributed by atoms with Crippen molar-refractivity contribution in [3.05, 3.63) is 326 Å². The average molecular weight is 1760 g/mol. The molecule has 662 valence electrons. The molecule has 132 heavy (non-hydrogen) atoms. The van der Waals surface area contributed by atoms with Crippen molar-refractivity contribution in [3.8, 4) is 90.1 Å². The molecule has 5 aliphatic heterocycles. The molecule has 0 radical (unpaired) electrons. The quantitative estimate of drug-likeness (QED) is 0.0601. The summed E-state index contributed by atoms with van der Waals surface area (Å²) in [6.07, 6.45) is 8.77. The van der Waals surface area contributed by atoms with Crippen LogP contribution in [0.1, 0.15) is 22.3 Å². The van der Waals surface area contributed by atoms with E-state index in [9.17, 15) is 28.4 Å². The second kappa shape index (κ2) is 39.9. The first kappa shape index (κ1) is 88.5. The number of methoxy groups -OCH3 is 1. The zero-order valence-electron chi connectivity index (χ0n) is 74.2. The maximum atomic E-state index is 13.3. The van der Waals surface area contributed by atoms with Crippen LogP contribution in [0.3, 0.4) is 0 Å². The number of nitrogens with one attached hydrogen (secondary N) is 5. The summed E-state index contributed by atoms with van der Waals surface area (Å²) in [6, 6.07) is 85.2. The van der Waals surface area contributed by atoms with Crippen molar-refractivity contribution in [3.63, 3.8) is 0 Å². The summed E-state index contributed by atoms with van der Waals surface area (Å²) in [5.74, 6) is 7.42. The molecular formula is C105H94FN15O11. The Hall–Kier alpha value is -17.0. The number of aryl methyl sites for hydroxylation is 4. The van der Waals surface area contributed by atoms with Crippen molar-refractivity contribution in [2.75, 3.05) is 126 Å². The molecular weight excluding hydrogens is 1670 g/mol. The highest BCUT2D eigenvalue weighted by Gasteiger charge is 2.29. The van der Waals surface area contributed by atoms with Gasteiger partial charge in [-0.05, 0) is 300 Å². The molecule has 10 aromatic carbocycles. The molecule has 5 N–H and O–H groups in total. The van der Waals surface area contributed by atoms with E-state index in [1.165, 1.54) is 34.4 Å². The number of ether oxygens (including phenoxy) is 6. The van der Waals surface area contributed by atoms with Gasteiger partial charge in [-0.25, -0.2) is 29.3 Å². The number of carbonyl (C=O) groups is 5. The van der Waals surface area contributed by atoms with Gasteiger partial charge in [-0.1, -0.05) is 72.3 Å². The second-order valence-corrected chi connectivity index (χ2v) is 31.7. The lowest BCUT2D eigenvalue weighted by molar-refractivity contribution is -0.121. The molecule has 5 amide bonds. The van der Waals surface area contributed by atoms with Crippen LogP contribution in [0.2, 0.25) is 0 Å². The van der Waals surface area contributed by atoms with E-state index in [2.05, 4.69) is 122 Å². The Morgan fingerprint density at radius 1 is 0.265 bits per heavy atom. The van der Waals surface area contributed by atoms with E-state index in [-0.39, 0.29) is 68.4 Å². The van der Waals surface area contributed by atoms with Gasteiger partial charge < -0.3 is 79.5 Å². The number of anilines is 15. The highest BCUT2D eigenvalue weighted by atomic mass is 19.1. The van der Waals surface area contributed by atoms with Crippen LogP contribution in [-0.2, 0) is 24.0 Å². The molecule has 0 fully saturated rings. The van der Waals surface area contributed by atoms with E-state index in [0.29, 0.717) is 23.0 Å². The Kier molecular flexibility index (Phi) is 26.8. The van der Waals surface area contributed by atoms with Crippen LogP contribution in [-0.4, -0.2) is 130 Å². The van der Waals surface area contributed by atoms with Crippen molar-refractivity contribution in [2.24, 2.45) is 0 Å². The summed E-state index contributed by atoms with van der Waals surface area (Å²) in [6.45, 7) is 8.66. The van der Waals surface area contributed by atoms with Crippen LogP contribution < -0.4 is 79.5 Å². The van der Waals surface area contributed by atoms with Crippen molar-refractivity contribution in [1.29, 1.82) is 0 Å². The number of nitrogens with zero attached hydrogens (tertiary/aromatic N) is 10. The minimum Gasteiger partial charge on any atom is -0.497 e. The highest BCUT2D eigenvalue weighted by Crippen LogP contribution is 2.43. The first-order valence-corrected chi connectivity index (χ1v) is 42.4. The fourth-order valence-corrected chi connectivity index (χ4v) is 15.0. The number of carbonyl (C=O) groups excluding carboxylic acids is 5. The van der Waals surface area contributed by atoms with Gasteiger partial charge in [0.25, 0.3) is 29.5 Å². The zero-order chi connectivity index (χ0) is 92.1. The third kappa shape index (κ3) is 21.5. The lowest BCUT2D eigenvalue weighted by Crippen LogP contribution is -2.35. The molecule has 10 heterocycles. The second-order valence-electron chi connectivity index (χ2n) is 31.7. The molecule has 0 saturated carbocycles. The standard InChI is InChI=1S/C22H21N3O2.C21H19N3O3.2C21H19N3O2.C20H16FN3O2/c1-14-8-15(2)10-18(9-14)24-21-12-17(6-7-23-21)16-4-5-20-19(11-16)25(3)22(26)13-27-20;1-24-18-11-14(3-8-19(18)27-13-21(24)25)15-9-10-22-20(12-15)23-16-4-6-17(26-2)7-5-16;1-14-3-6-17(7-4-14)23-20-12-16(9-10-22-20)15-5-8-19-18(11-15)24(2)21(25)13-26-19;1-14-4-3-5-17(10-14)23-20-12-16(8-9-22-20)15-6-7-19-18(11-15)24(2)21(25)13-26-19;1-24-17-9-13(5-6-18(17)26-12-20(24)25)14-7-8-22-19(10-14)23-16-4-2-3-15(21)11-16/h4-12H,13H2,1-3H3,(H,23,24);3-12H,13H2,1-2H3,(H,22,23);2*3-12H,13H2,1-2H3,(H,22,23);2-11H,12H2,1H3,(H,22,23). The smallest absolute Gasteiger partial charge is 0.264 e. The van der Waals surface area contributed by atoms with Gasteiger partial charge >= 0.3 is 0 Å². The number of halogens is 1. The van der Waals surface area contributed by atoms with E-state index in [4.69, 9.17) is 28.4 Å². The van der Waals surface area contributed by atoms with Crippen molar-refractivity contribution >= 4 is 115 Å². The van der Waals surface area contributed by atoms with Gasteiger partial charge in [-0.15, -0.1) is 0 Å². The number of hydrogen-bond donors (Lipinski definition) is 5. The van der Waals surface area contributed by atoms with Crippen LogP contribution in [0.25, 0.3) is 55.6 Å². The van der Waals surface area contributed by atoms with Gasteiger partial charge in [-0.2, -0.15) is 0 Å². The predicted octanol–water partition coefficient (Wildman–Crippen LogP) is 20.6. The Morgan fingerprint density at radius 3 is 0.826 bits per heavy atom. The number of likely N-dealkylation sites (N-methyl/N-ethyl adjacent to an activating group) is 5. The molecule has 5 aliphatic rings. The number of pyridine rings is 5. The van der Waals surface area contributed by atoms with E-state index in [1.54, 1.807) is 110 Å². The summed E-state index contributed by atoms with van der Waals surface area (Å²) in [5, 5.41) is 16.4. The van der Waals surface area contributed by atoms with Gasteiger partial charge in [0.15, 0.2) is 33.0 Å². The van der Waals surface area contributed by atoms with Crippen LogP contribution in [0.5, 0.6) is 34.5 Å². The minimum atomic E-state index is -0.312. The summed E-state index contributed by atoms with van der Waals surface area (Å²) >= 11 is 0. The minimum absolute atomic E-state index is 0.0495. The summed E-state index contributed by atoms with van der Waals surface area (Å²) in [7, 11) is 10.4. The first-order valence-electron chi connectivity index (χ1n) is 42.4. The molecule has 20 rings (SSSR count). The van der Waals surface area contributed by atoms with Gasteiger partial charge in [-0.3, -0.25) is 24.0 Å². The highest BCUT2D eigenvalue weighted by molar-refractivity contribution is 6.02. The Morgan fingerprint density at radius 2 is 0.530 bits per heavy atom. The normalized spacial score (nSPS) is 13.1. The number of amides is 5. The molecule has 0 aliphatic carbocycles. The van der Waals surface area contributed by atoms with Crippen LogP contribution in [0.4, 0.5) is 90.4 Å². The molecule has 0 saturated heterocycles. The summed E-state index contributed by atoms with van der Waals surface area (Å²) in [4.78, 5) is 89.4. The van der Waals surface area contributed by atoms with E-state index in [1.807, 2.05) is 200 Å². The number of rotatable bonds is 16. The molecule has 5 aromatic heterocycles. The molecule has 0 bridgehead atoms. The van der Waals surface area contributed by atoms with Gasteiger partial charge in [0.05, 0.1) is 35.5 Å². The maximum Gasteiger partial charge on any atom is 0.264 e. The fourth-order valence-electron chi connectivity index (χ4n) is 15.0. The summed E-state index contributed by atoms with van der Waals surface area (Å²) in [5.41, 5.74) is 23.1. The van der Waals surface area contributed by atoms with E-state index < -0.39 is 0 Å². The molecule has 26 nitrogen and oxygen atoms in total.